The molecule has 4 nitrogen and oxygen atoms in total. The number of halogens is 1. The second-order valence-electron chi connectivity index (χ2n) is 4.24. The Bertz CT molecular complexity index is 665. The number of hydrogen-bond acceptors (Lipinski definition) is 4. The lowest BCUT2D eigenvalue weighted by Crippen LogP contribution is -2.06. The Hall–Kier alpha value is -2.25. The van der Waals surface area contributed by atoms with Crippen LogP contribution < -0.4 is 10.1 Å². The van der Waals surface area contributed by atoms with Crippen molar-refractivity contribution in [2.75, 3.05) is 12.4 Å². The molecule has 2 aromatic rings. The third kappa shape index (κ3) is 2.84. The molecular formula is C15H14ClN3O. The average molecular weight is 288 g/mol. The van der Waals surface area contributed by atoms with Crippen molar-refractivity contribution in [1.29, 1.82) is 5.26 Å². The molecule has 0 bridgehead atoms. The summed E-state index contributed by atoms with van der Waals surface area (Å²) in [6.45, 7) is 2.31. The van der Waals surface area contributed by atoms with Gasteiger partial charge in [-0.05, 0) is 30.7 Å². The van der Waals surface area contributed by atoms with E-state index in [1.165, 1.54) is 0 Å². The van der Waals surface area contributed by atoms with Crippen molar-refractivity contribution in [3.63, 3.8) is 0 Å². The maximum atomic E-state index is 9.17. The van der Waals surface area contributed by atoms with Gasteiger partial charge in [-0.15, -0.1) is 0 Å². The summed E-state index contributed by atoms with van der Waals surface area (Å²) >= 11 is 6.17. The van der Waals surface area contributed by atoms with Gasteiger partial charge in [0.05, 0.1) is 12.7 Å². The lowest BCUT2D eigenvalue weighted by Gasteiger charge is -2.13. The fourth-order valence-corrected chi connectivity index (χ4v) is 2.14. The Kier molecular flexibility index (Phi) is 4.44. The number of nitriles is 1. The molecule has 0 saturated carbocycles. The summed E-state index contributed by atoms with van der Waals surface area (Å²) in [5, 5.41) is 12.9. The van der Waals surface area contributed by atoms with Gasteiger partial charge in [-0.3, -0.25) is 0 Å². The smallest absolute Gasteiger partial charge is 0.144 e. The number of rotatable bonds is 4. The summed E-state index contributed by atoms with van der Waals surface area (Å²) in [6, 6.07) is 9.44. The van der Waals surface area contributed by atoms with E-state index in [-0.39, 0.29) is 0 Å². The van der Waals surface area contributed by atoms with Crippen LogP contribution in [0.3, 0.4) is 0 Å². The highest BCUT2D eigenvalue weighted by molar-refractivity contribution is 6.31. The average Bonchev–Trinajstić information content (AvgIpc) is 2.45. The molecule has 1 aromatic heterocycles. The minimum Gasteiger partial charge on any atom is -0.496 e. The summed E-state index contributed by atoms with van der Waals surface area (Å²) in [5.41, 5.74) is 2.26. The van der Waals surface area contributed by atoms with Crippen molar-refractivity contribution in [3.05, 3.63) is 52.2 Å². The Labute approximate surface area is 123 Å². The van der Waals surface area contributed by atoms with Crippen LogP contribution in [0.5, 0.6) is 5.75 Å². The van der Waals surface area contributed by atoms with Crippen LogP contribution in [0.4, 0.5) is 5.82 Å². The first-order valence-corrected chi connectivity index (χ1v) is 6.46. The molecule has 0 amide bonds. The van der Waals surface area contributed by atoms with Crippen molar-refractivity contribution < 1.29 is 4.74 Å². The third-order valence-corrected chi connectivity index (χ3v) is 3.35. The Morgan fingerprint density at radius 2 is 2.20 bits per heavy atom. The Morgan fingerprint density at radius 3 is 2.90 bits per heavy atom. The molecule has 20 heavy (non-hydrogen) atoms. The zero-order valence-corrected chi connectivity index (χ0v) is 12.0. The standard InChI is InChI=1S/C15H14ClN3O/c1-10-6-7-18-15(11(10)8-17)19-9-12-13(16)4-3-5-14(12)20-2/h3-7H,9H2,1-2H3,(H,18,19). The first kappa shape index (κ1) is 14.2. The first-order valence-electron chi connectivity index (χ1n) is 6.08. The van der Waals surface area contributed by atoms with Gasteiger partial charge in [0.25, 0.3) is 0 Å². The molecule has 1 heterocycles. The topological polar surface area (TPSA) is 57.9 Å². The molecule has 0 saturated heterocycles. The fraction of sp³-hybridized carbons (Fsp3) is 0.200. The van der Waals surface area contributed by atoms with Gasteiger partial charge in [0, 0.05) is 23.3 Å². The molecular weight excluding hydrogens is 274 g/mol. The number of anilines is 1. The molecule has 5 heteroatoms. The zero-order chi connectivity index (χ0) is 14.5. The van der Waals surface area contributed by atoms with Gasteiger partial charge in [0.2, 0.25) is 0 Å². The molecule has 0 fully saturated rings. The molecule has 0 aliphatic rings. The number of nitrogens with zero attached hydrogens (tertiary/aromatic N) is 2. The first-order chi connectivity index (χ1) is 9.67. The van der Waals surface area contributed by atoms with Crippen LogP contribution in [-0.2, 0) is 6.54 Å². The van der Waals surface area contributed by atoms with E-state index in [4.69, 9.17) is 16.3 Å². The highest BCUT2D eigenvalue weighted by atomic mass is 35.5. The number of benzene rings is 1. The molecule has 0 spiro atoms. The van der Waals surface area contributed by atoms with E-state index in [1.807, 2.05) is 19.1 Å². The van der Waals surface area contributed by atoms with Crippen molar-refractivity contribution in [3.8, 4) is 11.8 Å². The van der Waals surface area contributed by atoms with Crippen LogP contribution in [0.25, 0.3) is 0 Å². The number of hydrogen-bond donors (Lipinski definition) is 1. The largest absolute Gasteiger partial charge is 0.496 e. The summed E-state index contributed by atoms with van der Waals surface area (Å²) in [6.07, 6.45) is 1.67. The lowest BCUT2D eigenvalue weighted by molar-refractivity contribution is 0.410. The number of aromatic nitrogens is 1. The van der Waals surface area contributed by atoms with E-state index in [0.717, 1.165) is 11.1 Å². The molecule has 2 rings (SSSR count). The van der Waals surface area contributed by atoms with E-state index >= 15 is 0 Å². The molecule has 1 N–H and O–H groups in total. The predicted octanol–water partition coefficient (Wildman–Crippen LogP) is 3.54. The second-order valence-corrected chi connectivity index (χ2v) is 4.64. The van der Waals surface area contributed by atoms with Crippen LogP contribution >= 0.6 is 11.6 Å². The number of nitrogens with one attached hydrogen (secondary N) is 1. The van der Waals surface area contributed by atoms with Crippen LogP contribution in [0, 0.1) is 18.3 Å². The van der Waals surface area contributed by atoms with Crippen LogP contribution in [0.15, 0.2) is 30.5 Å². The van der Waals surface area contributed by atoms with Gasteiger partial charge in [-0.1, -0.05) is 17.7 Å². The van der Waals surface area contributed by atoms with Crippen LogP contribution in [-0.4, -0.2) is 12.1 Å². The number of ether oxygens (including phenoxy) is 1. The lowest BCUT2D eigenvalue weighted by atomic mass is 10.1. The highest BCUT2D eigenvalue weighted by Gasteiger charge is 2.10. The van der Waals surface area contributed by atoms with Gasteiger partial charge >= 0.3 is 0 Å². The summed E-state index contributed by atoms with van der Waals surface area (Å²) in [4.78, 5) is 4.19. The van der Waals surface area contributed by atoms with Crippen molar-refractivity contribution in [1.82, 2.24) is 4.98 Å². The SMILES string of the molecule is COc1cccc(Cl)c1CNc1nccc(C)c1C#N. The molecule has 0 radical (unpaired) electrons. The second kappa shape index (κ2) is 6.27. The normalized spacial score (nSPS) is 9.90. The van der Waals surface area contributed by atoms with E-state index < -0.39 is 0 Å². The maximum Gasteiger partial charge on any atom is 0.144 e. The zero-order valence-electron chi connectivity index (χ0n) is 11.3. The van der Waals surface area contributed by atoms with Crippen LogP contribution in [0.1, 0.15) is 16.7 Å². The maximum absolute atomic E-state index is 9.17. The number of methoxy groups -OCH3 is 1. The summed E-state index contributed by atoms with van der Waals surface area (Å²) in [5.74, 6) is 1.26. The summed E-state index contributed by atoms with van der Waals surface area (Å²) < 4.78 is 5.29. The van der Waals surface area contributed by atoms with Gasteiger partial charge in [-0.2, -0.15) is 5.26 Å². The van der Waals surface area contributed by atoms with E-state index in [9.17, 15) is 5.26 Å². The van der Waals surface area contributed by atoms with Crippen molar-refractivity contribution in [2.24, 2.45) is 0 Å². The predicted molar refractivity (Wildman–Crippen MR) is 79.0 cm³/mol. The van der Waals surface area contributed by atoms with Gasteiger partial charge in [0.1, 0.15) is 17.6 Å². The Morgan fingerprint density at radius 1 is 1.40 bits per heavy atom. The fourth-order valence-electron chi connectivity index (χ4n) is 1.91. The van der Waals surface area contributed by atoms with E-state index in [1.54, 1.807) is 25.4 Å². The molecule has 0 aliphatic carbocycles. The minimum atomic E-state index is 0.438. The third-order valence-electron chi connectivity index (χ3n) is 3.00. The quantitative estimate of drug-likeness (QED) is 0.934. The minimum absolute atomic E-state index is 0.438. The monoisotopic (exact) mass is 287 g/mol. The number of pyridine rings is 1. The van der Waals surface area contributed by atoms with Crippen LogP contribution in [0.2, 0.25) is 5.02 Å². The van der Waals surface area contributed by atoms with Gasteiger partial charge in [0.15, 0.2) is 0 Å². The van der Waals surface area contributed by atoms with E-state index in [2.05, 4.69) is 16.4 Å². The van der Waals surface area contributed by atoms with E-state index in [0.29, 0.717) is 28.7 Å². The molecule has 1 aromatic carbocycles. The van der Waals surface area contributed by atoms with Crippen molar-refractivity contribution in [2.45, 2.75) is 13.5 Å². The molecule has 0 unspecified atom stereocenters. The molecule has 0 atom stereocenters. The van der Waals surface area contributed by atoms with Gasteiger partial charge in [-0.25, -0.2) is 4.98 Å². The molecule has 102 valence electrons. The molecule has 0 aliphatic heterocycles. The Balaban J connectivity index is 2.26. The summed E-state index contributed by atoms with van der Waals surface area (Å²) in [7, 11) is 1.60. The highest BCUT2D eigenvalue weighted by Crippen LogP contribution is 2.27. The van der Waals surface area contributed by atoms with Crippen molar-refractivity contribution >= 4 is 17.4 Å². The van der Waals surface area contributed by atoms with Gasteiger partial charge < -0.3 is 10.1 Å². The number of aryl methyl sites for hydroxylation is 1.